The van der Waals surface area contributed by atoms with E-state index >= 15 is 0 Å². The number of anilines is 1. The first-order chi connectivity index (χ1) is 8.65. The van der Waals surface area contributed by atoms with Gasteiger partial charge in [-0.3, -0.25) is 9.36 Å². The predicted octanol–water partition coefficient (Wildman–Crippen LogP) is 1.65. The van der Waals surface area contributed by atoms with Crippen LogP contribution in [0.2, 0.25) is 0 Å². The second kappa shape index (κ2) is 5.39. The summed E-state index contributed by atoms with van der Waals surface area (Å²) in [6.45, 7) is 3.99. The van der Waals surface area contributed by atoms with Crippen molar-refractivity contribution in [3.05, 3.63) is 31.1 Å². The number of hydrogen-bond acceptors (Lipinski definition) is 4. The van der Waals surface area contributed by atoms with E-state index in [9.17, 15) is 4.79 Å². The molecule has 0 aliphatic carbocycles. The van der Waals surface area contributed by atoms with Gasteiger partial charge in [0.1, 0.15) is 24.3 Å². The van der Waals surface area contributed by atoms with E-state index < -0.39 is 0 Å². The average molecular weight is 245 g/mol. The van der Waals surface area contributed by atoms with Gasteiger partial charge in [-0.05, 0) is 5.92 Å². The molecular formula is C12H15N5O. The number of hydrogen-bond donors (Lipinski definition) is 1. The van der Waals surface area contributed by atoms with Crippen LogP contribution in [-0.4, -0.2) is 25.4 Å². The highest BCUT2D eigenvalue weighted by Crippen LogP contribution is 2.09. The summed E-state index contributed by atoms with van der Waals surface area (Å²) in [5.41, 5.74) is 0. The lowest BCUT2D eigenvalue weighted by molar-refractivity contribution is -0.116. The number of carbonyl (C=O) groups is 1. The first kappa shape index (κ1) is 12.2. The maximum absolute atomic E-state index is 11.6. The molecule has 2 aromatic heterocycles. The number of amides is 1. The van der Waals surface area contributed by atoms with E-state index in [2.05, 4.69) is 20.3 Å². The smallest absolute Gasteiger partial charge is 0.225 e. The third-order valence-corrected chi connectivity index (χ3v) is 2.28. The van der Waals surface area contributed by atoms with Gasteiger partial charge in [0.25, 0.3) is 0 Å². The van der Waals surface area contributed by atoms with Crippen molar-refractivity contribution in [1.29, 1.82) is 0 Å². The molecule has 0 unspecified atom stereocenters. The zero-order chi connectivity index (χ0) is 13.0. The summed E-state index contributed by atoms with van der Waals surface area (Å²) in [7, 11) is 0. The topological polar surface area (TPSA) is 72.7 Å². The standard InChI is InChI=1S/C12H15N5O/c1-9(2)5-12(18)16-10-6-11(15-7-14-10)17-4-3-13-8-17/h3-4,6-9H,5H2,1-2H3,(H,14,15,16,18). The second-order valence-corrected chi connectivity index (χ2v) is 4.38. The molecule has 6 heteroatoms. The fraction of sp³-hybridized carbons (Fsp3) is 0.333. The van der Waals surface area contributed by atoms with E-state index in [0.29, 0.717) is 24.0 Å². The highest BCUT2D eigenvalue weighted by atomic mass is 16.1. The predicted molar refractivity (Wildman–Crippen MR) is 67.2 cm³/mol. The van der Waals surface area contributed by atoms with E-state index in [1.807, 2.05) is 13.8 Å². The fourth-order valence-corrected chi connectivity index (χ4v) is 1.52. The molecule has 0 saturated carbocycles. The molecule has 1 amide bonds. The molecule has 2 rings (SSSR count). The minimum absolute atomic E-state index is 0.0414. The van der Waals surface area contributed by atoms with Gasteiger partial charge < -0.3 is 5.32 Å². The summed E-state index contributed by atoms with van der Waals surface area (Å²) in [6, 6.07) is 1.71. The first-order valence-corrected chi connectivity index (χ1v) is 5.75. The largest absolute Gasteiger partial charge is 0.311 e. The third kappa shape index (κ3) is 3.13. The van der Waals surface area contributed by atoms with E-state index in [1.165, 1.54) is 6.33 Å². The number of carbonyl (C=O) groups excluding carboxylic acids is 1. The SMILES string of the molecule is CC(C)CC(=O)Nc1cc(-n2ccnc2)ncn1. The van der Waals surface area contributed by atoms with Crippen LogP contribution in [0.15, 0.2) is 31.1 Å². The normalized spacial score (nSPS) is 10.6. The molecule has 1 N–H and O–H groups in total. The quantitative estimate of drug-likeness (QED) is 0.888. The lowest BCUT2D eigenvalue weighted by Crippen LogP contribution is -2.15. The van der Waals surface area contributed by atoms with Crippen molar-refractivity contribution in [3.8, 4) is 5.82 Å². The molecule has 94 valence electrons. The molecule has 0 spiro atoms. The molecule has 6 nitrogen and oxygen atoms in total. The molecule has 0 atom stereocenters. The van der Waals surface area contributed by atoms with Crippen LogP contribution < -0.4 is 5.32 Å². The number of nitrogens with zero attached hydrogens (tertiary/aromatic N) is 4. The van der Waals surface area contributed by atoms with Crippen molar-refractivity contribution < 1.29 is 4.79 Å². The van der Waals surface area contributed by atoms with Crippen molar-refractivity contribution in [2.45, 2.75) is 20.3 Å². The van der Waals surface area contributed by atoms with Gasteiger partial charge >= 0.3 is 0 Å². The Morgan fingerprint density at radius 1 is 1.44 bits per heavy atom. The maximum atomic E-state index is 11.6. The van der Waals surface area contributed by atoms with Crippen LogP contribution in [0.3, 0.4) is 0 Å². The van der Waals surface area contributed by atoms with Crippen LogP contribution in [0.25, 0.3) is 5.82 Å². The lowest BCUT2D eigenvalue weighted by atomic mass is 10.1. The molecule has 0 aliphatic rings. The molecule has 0 aliphatic heterocycles. The highest BCUT2D eigenvalue weighted by Gasteiger charge is 2.07. The Bertz CT molecular complexity index is 521. The van der Waals surface area contributed by atoms with Crippen LogP contribution in [0, 0.1) is 5.92 Å². The summed E-state index contributed by atoms with van der Waals surface area (Å²) < 4.78 is 1.75. The molecule has 2 aromatic rings. The van der Waals surface area contributed by atoms with Gasteiger partial charge in [-0.2, -0.15) is 0 Å². The molecule has 0 aromatic carbocycles. The molecule has 0 bridgehead atoms. The van der Waals surface area contributed by atoms with Crippen molar-refractivity contribution >= 4 is 11.7 Å². The van der Waals surface area contributed by atoms with Crippen LogP contribution in [-0.2, 0) is 4.79 Å². The van der Waals surface area contributed by atoms with Gasteiger partial charge in [0.15, 0.2) is 0 Å². The van der Waals surface area contributed by atoms with E-state index in [1.54, 1.807) is 29.4 Å². The van der Waals surface area contributed by atoms with Gasteiger partial charge in [0.2, 0.25) is 5.91 Å². The van der Waals surface area contributed by atoms with Crippen LogP contribution in [0.5, 0.6) is 0 Å². The number of nitrogens with one attached hydrogen (secondary N) is 1. The first-order valence-electron chi connectivity index (χ1n) is 5.75. The summed E-state index contributed by atoms with van der Waals surface area (Å²) in [5, 5.41) is 2.75. The monoisotopic (exact) mass is 245 g/mol. The minimum Gasteiger partial charge on any atom is -0.311 e. The Morgan fingerprint density at radius 2 is 2.28 bits per heavy atom. The zero-order valence-corrected chi connectivity index (χ0v) is 10.4. The van der Waals surface area contributed by atoms with Gasteiger partial charge in [0.05, 0.1) is 0 Å². The molecule has 2 heterocycles. The zero-order valence-electron chi connectivity index (χ0n) is 10.4. The van der Waals surface area contributed by atoms with Crippen molar-refractivity contribution in [1.82, 2.24) is 19.5 Å². The minimum atomic E-state index is -0.0414. The van der Waals surface area contributed by atoms with Crippen molar-refractivity contribution in [2.24, 2.45) is 5.92 Å². The molecule has 0 radical (unpaired) electrons. The molecule has 0 fully saturated rings. The fourth-order valence-electron chi connectivity index (χ4n) is 1.52. The second-order valence-electron chi connectivity index (χ2n) is 4.38. The molecular weight excluding hydrogens is 230 g/mol. The lowest BCUT2D eigenvalue weighted by Gasteiger charge is -2.07. The Kier molecular flexibility index (Phi) is 3.66. The maximum Gasteiger partial charge on any atom is 0.225 e. The van der Waals surface area contributed by atoms with Crippen molar-refractivity contribution in [2.75, 3.05) is 5.32 Å². The summed E-state index contributed by atoms with van der Waals surface area (Å²) in [5.74, 6) is 1.45. The van der Waals surface area contributed by atoms with Crippen molar-refractivity contribution in [3.63, 3.8) is 0 Å². The Hall–Kier alpha value is -2.24. The molecule has 18 heavy (non-hydrogen) atoms. The van der Waals surface area contributed by atoms with Crippen LogP contribution >= 0.6 is 0 Å². The average Bonchev–Trinajstić information content (AvgIpc) is 2.81. The number of rotatable bonds is 4. The summed E-state index contributed by atoms with van der Waals surface area (Å²) in [6.07, 6.45) is 6.98. The summed E-state index contributed by atoms with van der Waals surface area (Å²) >= 11 is 0. The Labute approximate surface area is 105 Å². The summed E-state index contributed by atoms with van der Waals surface area (Å²) in [4.78, 5) is 23.7. The Morgan fingerprint density at radius 3 is 2.94 bits per heavy atom. The van der Waals surface area contributed by atoms with Gasteiger partial charge in [-0.15, -0.1) is 0 Å². The van der Waals surface area contributed by atoms with Gasteiger partial charge in [-0.1, -0.05) is 13.8 Å². The molecule has 0 saturated heterocycles. The number of imidazole rings is 1. The van der Waals surface area contributed by atoms with E-state index in [-0.39, 0.29) is 5.91 Å². The van der Waals surface area contributed by atoms with Crippen LogP contribution in [0.4, 0.5) is 5.82 Å². The van der Waals surface area contributed by atoms with E-state index in [4.69, 9.17) is 0 Å². The van der Waals surface area contributed by atoms with E-state index in [0.717, 1.165) is 0 Å². The van der Waals surface area contributed by atoms with Crippen LogP contribution in [0.1, 0.15) is 20.3 Å². The Balaban J connectivity index is 2.11. The number of aromatic nitrogens is 4. The third-order valence-electron chi connectivity index (χ3n) is 2.28. The van der Waals surface area contributed by atoms with Gasteiger partial charge in [0, 0.05) is 24.9 Å². The van der Waals surface area contributed by atoms with Gasteiger partial charge in [-0.25, -0.2) is 15.0 Å². The highest BCUT2D eigenvalue weighted by molar-refractivity contribution is 5.89.